The van der Waals surface area contributed by atoms with E-state index in [0.717, 1.165) is 32.8 Å². The zero-order valence-corrected chi connectivity index (χ0v) is 14.1. The molecule has 0 saturated carbocycles. The average molecular weight is 392 g/mol. The van der Waals surface area contributed by atoms with Crippen molar-refractivity contribution < 1.29 is 14.7 Å². The normalized spacial score (nSPS) is 13.9. The first-order valence-electron chi connectivity index (χ1n) is 7.21. The highest BCUT2D eigenvalue weighted by Gasteiger charge is 2.22. The van der Waals surface area contributed by atoms with Crippen LogP contribution in [0.15, 0.2) is 29.0 Å². The minimum atomic E-state index is -0.250. The van der Waals surface area contributed by atoms with Crippen molar-refractivity contribution in [2.45, 2.75) is 12.8 Å². The molecule has 124 valence electrons. The number of nitrogens with one attached hydrogen (secondary N) is 2. The quantitative estimate of drug-likeness (QED) is 0.578. The molecule has 1 fully saturated rings. The van der Waals surface area contributed by atoms with E-state index in [4.69, 9.17) is 9.90 Å². The van der Waals surface area contributed by atoms with Gasteiger partial charge in [0.2, 0.25) is 5.91 Å². The number of carbonyl (C=O) groups excluding carboxylic acids is 1. The van der Waals surface area contributed by atoms with Crippen molar-refractivity contribution >= 4 is 56.1 Å². The highest BCUT2D eigenvalue weighted by atomic mass is 79.9. The van der Waals surface area contributed by atoms with Crippen molar-refractivity contribution in [2.75, 3.05) is 12.0 Å². The molecule has 24 heavy (non-hydrogen) atoms. The van der Waals surface area contributed by atoms with Crippen LogP contribution in [0, 0.1) is 0 Å². The molecule has 8 nitrogen and oxygen atoms in total. The van der Waals surface area contributed by atoms with E-state index in [9.17, 15) is 4.79 Å². The van der Waals surface area contributed by atoms with E-state index in [2.05, 4.69) is 36.3 Å². The van der Waals surface area contributed by atoms with Crippen LogP contribution in [-0.4, -0.2) is 44.0 Å². The highest BCUT2D eigenvalue weighted by molar-refractivity contribution is 9.10. The second-order valence-corrected chi connectivity index (χ2v) is 6.04. The van der Waals surface area contributed by atoms with Gasteiger partial charge in [-0.1, -0.05) is 22.0 Å². The zero-order valence-electron chi connectivity index (χ0n) is 12.5. The molecule has 9 heteroatoms. The van der Waals surface area contributed by atoms with Gasteiger partial charge in [-0.3, -0.25) is 20.0 Å². The van der Waals surface area contributed by atoms with Crippen molar-refractivity contribution in [2.24, 2.45) is 0 Å². The summed E-state index contributed by atoms with van der Waals surface area (Å²) in [4.78, 5) is 32.0. The lowest BCUT2D eigenvalue weighted by molar-refractivity contribution is -0.126. The van der Waals surface area contributed by atoms with E-state index < -0.39 is 0 Å². The molecule has 0 unspecified atom stereocenters. The summed E-state index contributed by atoms with van der Waals surface area (Å²) in [7, 11) is 0. The van der Waals surface area contributed by atoms with Crippen LogP contribution in [0.3, 0.4) is 0 Å². The van der Waals surface area contributed by atoms with E-state index in [0.29, 0.717) is 18.8 Å². The fourth-order valence-electron chi connectivity index (χ4n) is 2.68. The second kappa shape index (κ2) is 6.83. The second-order valence-electron chi connectivity index (χ2n) is 5.13. The lowest BCUT2D eigenvalue weighted by Crippen LogP contribution is -2.31. The number of carbonyl (C=O) groups is 2. The molecule has 4 rings (SSSR count). The molecular weight excluding hydrogens is 378 g/mol. The molecule has 1 aliphatic heterocycles. The number of hydrogen-bond donors (Lipinski definition) is 3. The third-order valence-corrected chi connectivity index (χ3v) is 4.16. The van der Waals surface area contributed by atoms with Gasteiger partial charge in [0.1, 0.15) is 12.0 Å². The Balaban J connectivity index is 0.000000526. The maximum absolute atomic E-state index is 11.8. The molecule has 3 N–H and O–H groups in total. The van der Waals surface area contributed by atoms with Gasteiger partial charge in [-0.15, -0.1) is 0 Å². The molecule has 0 atom stereocenters. The molecule has 0 spiro atoms. The van der Waals surface area contributed by atoms with Crippen LogP contribution in [0.2, 0.25) is 0 Å². The van der Waals surface area contributed by atoms with Gasteiger partial charge in [0.05, 0.1) is 5.39 Å². The topological polar surface area (TPSA) is 111 Å². The Morgan fingerprint density at radius 2 is 2.17 bits per heavy atom. The van der Waals surface area contributed by atoms with Gasteiger partial charge < -0.3 is 10.1 Å². The summed E-state index contributed by atoms with van der Waals surface area (Å²) in [6.07, 6.45) is 2.96. The SMILES string of the molecule is O=C1CCCN1Nc1ncnc2[nH]c3cc(Br)ccc3c12.O=CO. The smallest absolute Gasteiger partial charge is 0.290 e. The number of benzene rings is 1. The Bertz CT molecular complexity index is 911. The van der Waals surface area contributed by atoms with Crippen LogP contribution >= 0.6 is 15.9 Å². The number of halogens is 1. The van der Waals surface area contributed by atoms with Crippen molar-refractivity contribution in [3.05, 3.63) is 29.0 Å². The first kappa shape index (κ1) is 16.2. The van der Waals surface area contributed by atoms with Crippen molar-refractivity contribution in [1.29, 1.82) is 0 Å². The first-order valence-corrected chi connectivity index (χ1v) is 8.00. The fourth-order valence-corrected chi connectivity index (χ4v) is 3.04. The lowest BCUT2D eigenvalue weighted by atomic mass is 10.2. The minimum Gasteiger partial charge on any atom is -0.483 e. The van der Waals surface area contributed by atoms with Crippen molar-refractivity contribution in [3.8, 4) is 0 Å². The summed E-state index contributed by atoms with van der Waals surface area (Å²) in [5, 5.41) is 10.4. The van der Waals surface area contributed by atoms with Crippen molar-refractivity contribution in [1.82, 2.24) is 20.0 Å². The summed E-state index contributed by atoms with van der Waals surface area (Å²) in [6, 6.07) is 5.99. The zero-order chi connectivity index (χ0) is 17.1. The average Bonchev–Trinajstić information content (AvgIpc) is 3.11. The van der Waals surface area contributed by atoms with Gasteiger partial charge in [-0.05, 0) is 18.6 Å². The van der Waals surface area contributed by atoms with Gasteiger partial charge in [0.15, 0.2) is 5.82 Å². The van der Waals surface area contributed by atoms with Gasteiger partial charge in [-0.25, -0.2) is 9.97 Å². The number of rotatable bonds is 2. The molecule has 0 radical (unpaired) electrons. The van der Waals surface area contributed by atoms with Gasteiger partial charge in [0.25, 0.3) is 6.47 Å². The number of hydrogen-bond acceptors (Lipinski definition) is 5. The molecular formula is C15H14BrN5O3. The van der Waals surface area contributed by atoms with Crippen LogP contribution in [0.1, 0.15) is 12.8 Å². The maximum Gasteiger partial charge on any atom is 0.290 e. The van der Waals surface area contributed by atoms with E-state index in [-0.39, 0.29) is 12.4 Å². The number of hydrazine groups is 1. The largest absolute Gasteiger partial charge is 0.483 e. The fraction of sp³-hybridized carbons (Fsp3) is 0.200. The van der Waals surface area contributed by atoms with E-state index >= 15 is 0 Å². The monoisotopic (exact) mass is 391 g/mol. The van der Waals surface area contributed by atoms with Gasteiger partial charge >= 0.3 is 0 Å². The molecule has 1 saturated heterocycles. The predicted octanol–water partition coefficient (Wildman–Crippen LogP) is 2.52. The molecule has 1 aliphatic rings. The number of H-pyrrole nitrogens is 1. The summed E-state index contributed by atoms with van der Waals surface area (Å²) >= 11 is 3.46. The molecule has 1 aromatic carbocycles. The highest BCUT2D eigenvalue weighted by Crippen LogP contribution is 2.31. The molecule has 3 aromatic rings. The Hall–Kier alpha value is -2.68. The standard InChI is InChI=1S/C14H12BrN5O.CH2O2/c15-8-3-4-9-10(6-8)18-13-12(9)14(17-7-16-13)19-20-5-1-2-11(20)21;2-1-3/h3-4,6-7H,1-2,5H2,(H2,16,17,18,19);1H,(H,2,3). The molecule has 1 amide bonds. The lowest BCUT2D eigenvalue weighted by Gasteiger charge is -2.17. The third kappa shape index (κ3) is 3.02. The number of fused-ring (bicyclic) bond motifs is 3. The van der Waals surface area contributed by atoms with Crippen LogP contribution in [-0.2, 0) is 9.59 Å². The molecule has 0 bridgehead atoms. The maximum atomic E-state index is 11.8. The number of anilines is 1. The Kier molecular flexibility index (Phi) is 4.61. The van der Waals surface area contributed by atoms with Gasteiger partial charge in [-0.2, -0.15) is 0 Å². The van der Waals surface area contributed by atoms with Crippen LogP contribution < -0.4 is 5.43 Å². The molecule has 3 heterocycles. The summed E-state index contributed by atoms with van der Waals surface area (Å²) in [6.45, 7) is 0.457. The number of aromatic nitrogens is 3. The Morgan fingerprint density at radius 1 is 1.38 bits per heavy atom. The van der Waals surface area contributed by atoms with Crippen molar-refractivity contribution in [3.63, 3.8) is 0 Å². The van der Waals surface area contributed by atoms with Crippen LogP contribution in [0.25, 0.3) is 21.9 Å². The van der Waals surface area contributed by atoms with E-state index in [1.54, 1.807) is 5.01 Å². The first-order chi connectivity index (χ1) is 11.6. The van der Waals surface area contributed by atoms with Gasteiger partial charge in [0, 0.05) is 28.3 Å². The molecule has 2 aromatic heterocycles. The third-order valence-electron chi connectivity index (χ3n) is 3.67. The Labute approximate surface area is 145 Å². The Morgan fingerprint density at radius 3 is 2.88 bits per heavy atom. The molecule has 0 aliphatic carbocycles. The summed E-state index contributed by atoms with van der Waals surface area (Å²) in [5.74, 6) is 0.758. The number of aromatic amines is 1. The summed E-state index contributed by atoms with van der Waals surface area (Å²) < 4.78 is 0.999. The number of carboxylic acid groups (broad SMARTS) is 1. The van der Waals surface area contributed by atoms with E-state index in [1.807, 2.05) is 18.2 Å². The van der Waals surface area contributed by atoms with Crippen LogP contribution in [0.4, 0.5) is 5.82 Å². The minimum absolute atomic E-state index is 0.101. The van der Waals surface area contributed by atoms with Crippen LogP contribution in [0.5, 0.6) is 0 Å². The number of nitrogens with zero attached hydrogens (tertiary/aromatic N) is 3. The summed E-state index contributed by atoms with van der Waals surface area (Å²) in [5.41, 5.74) is 4.87. The van der Waals surface area contributed by atoms with E-state index in [1.165, 1.54) is 6.33 Å². The predicted molar refractivity (Wildman–Crippen MR) is 92.4 cm³/mol. The number of amides is 1.